The lowest BCUT2D eigenvalue weighted by Crippen LogP contribution is -2.48. The molecule has 1 saturated heterocycles. The van der Waals surface area contributed by atoms with Crippen LogP contribution < -0.4 is 10.6 Å². The highest BCUT2D eigenvalue weighted by atomic mass is 79.9. The zero-order valence-electron chi connectivity index (χ0n) is 14.4. The SMILES string of the molecule is CC(C)CC(Cc1cccc(Br)c1)C(=O)NC1CCNC(C)C1. The molecule has 1 fully saturated rings. The second-order valence-corrected chi connectivity index (χ2v) is 8.16. The molecule has 3 nitrogen and oxygen atoms in total. The Balaban J connectivity index is 2.00. The van der Waals surface area contributed by atoms with Crippen LogP contribution in [0.2, 0.25) is 0 Å². The Morgan fingerprint density at radius 2 is 2.22 bits per heavy atom. The summed E-state index contributed by atoms with van der Waals surface area (Å²) in [4.78, 5) is 12.8. The molecule has 128 valence electrons. The largest absolute Gasteiger partial charge is 0.353 e. The van der Waals surface area contributed by atoms with Gasteiger partial charge >= 0.3 is 0 Å². The van der Waals surface area contributed by atoms with Crippen molar-refractivity contribution in [3.8, 4) is 0 Å². The number of hydrogen-bond acceptors (Lipinski definition) is 2. The third kappa shape index (κ3) is 6.27. The number of rotatable bonds is 6. The molecule has 0 bridgehead atoms. The van der Waals surface area contributed by atoms with Gasteiger partial charge in [0.25, 0.3) is 0 Å². The van der Waals surface area contributed by atoms with E-state index in [0.29, 0.717) is 18.0 Å². The van der Waals surface area contributed by atoms with Crippen molar-refractivity contribution in [2.24, 2.45) is 11.8 Å². The number of hydrogen-bond donors (Lipinski definition) is 2. The highest BCUT2D eigenvalue weighted by molar-refractivity contribution is 9.10. The number of carbonyl (C=O) groups is 1. The topological polar surface area (TPSA) is 41.1 Å². The summed E-state index contributed by atoms with van der Waals surface area (Å²) >= 11 is 3.52. The summed E-state index contributed by atoms with van der Waals surface area (Å²) in [5.41, 5.74) is 1.22. The molecule has 23 heavy (non-hydrogen) atoms. The van der Waals surface area contributed by atoms with Gasteiger partial charge in [-0.2, -0.15) is 0 Å². The molecule has 1 aliphatic heterocycles. The average Bonchev–Trinajstić information content (AvgIpc) is 2.46. The van der Waals surface area contributed by atoms with E-state index in [9.17, 15) is 4.79 Å². The summed E-state index contributed by atoms with van der Waals surface area (Å²) < 4.78 is 1.07. The molecule has 0 aliphatic carbocycles. The van der Waals surface area contributed by atoms with Crippen molar-refractivity contribution < 1.29 is 4.79 Å². The Hall–Kier alpha value is -0.870. The van der Waals surface area contributed by atoms with Crippen LogP contribution in [0.4, 0.5) is 0 Å². The van der Waals surface area contributed by atoms with E-state index >= 15 is 0 Å². The Morgan fingerprint density at radius 3 is 2.87 bits per heavy atom. The lowest BCUT2D eigenvalue weighted by Gasteiger charge is -2.30. The third-order valence-electron chi connectivity index (χ3n) is 4.47. The molecule has 3 unspecified atom stereocenters. The van der Waals surface area contributed by atoms with Crippen LogP contribution in [0.25, 0.3) is 0 Å². The monoisotopic (exact) mass is 380 g/mol. The third-order valence-corrected chi connectivity index (χ3v) is 4.96. The summed E-state index contributed by atoms with van der Waals surface area (Å²) in [5.74, 6) is 0.789. The summed E-state index contributed by atoms with van der Waals surface area (Å²) in [6, 6.07) is 9.10. The first-order valence-corrected chi connectivity index (χ1v) is 9.51. The van der Waals surface area contributed by atoms with Gasteiger partial charge in [-0.3, -0.25) is 4.79 Å². The van der Waals surface area contributed by atoms with Gasteiger partial charge in [-0.25, -0.2) is 0 Å². The average molecular weight is 381 g/mol. The number of nitrogens with one attached hydrogen (secondary N) is 2. The maximum absolute atomic E-state index is 12.8. The molecular formula is C19H29BrN2O. The smallest absolute Gasteiger partial charge is 0.223 e. The fourth-order valence-corrected chi connectivity index (χ4v) is 3.83. The van der Waals surface area contributed by atoms with Gasteiger partial charge in [0.15, 0.2) is 0 Å². The van der Waals surface area contributed by atoms with Gasteiger partial charge in [0, 0.05) is 22.5 Å². The van der Waals surface area contributed by atoms with Crippen LogP contribution in [0, 0.1) is 11.8 Å². The first kappa shape index (κ1) is 18.5. The van der Waals surface area contributed by atoms with E-state index in [1.165, 1.54) is 5.56 Å². The minimum absolute atomic E-state index is 0.0505. The first-order valence-electron chi connectivity index (χ1n) is 8.72. The number of carbonyl (C=O) groups excluding carboxylic acids is 1. The Labute approximate surface area is 148 Å². The van der Waals surface area contributed by atoms with Gasteiger partial charge in [-0.15, -0.1) is 0 Å². The summed E-state index contributed by atoms with van der Waals surface area (Å²) in [6.07, 6.45) is 3.79. The van der Waals surface area contributed by atoms with Crippen LogP contribution in [-0.4, -0.2) is 24.5 Å². The fourth-order valence-electron chi connectivity index (χ4n) is 3.38. The van der Waals surface area contributed by atoms with Gasteiger partial charge in [0.1, 0.15) is 0 Å². The molecule has 1 heterocycles. The molecule has 1 aromatic carbocycles. The summed E-state index contributed by atoms with van der Waals surface area (Å²) in [6.45, 7) is 7.56. The molecule has 1 aliphatic rings. The summed E-state index contributed by atoms with van der Waals surface area (Å²) in [5, 5.41) is 6.74. The second-order valence-electron chi connectivity index (χ2n) is 7.25. The number of amides is 1. The zero-order chi connectivity index (χ0) is 16.8. The first-order chi connectivity index (χ1) is 10.9. The highest BCUT2D eigenvalue weighted by Gasteiger charge is 2.25. The predicted octanol–water partition coefficient (Wildman–Crippen LogP) is 3.91. The van der Waals surface area contributed by atoms with E-state index in [2.05, 4.69) is 59.5 Å². The quantitative estimate of drug-likeness (QED) is 0.785. The van der Waals surface area contributed by atoms with E-state index in [1.807, 2.05) is 12.1 Å². The van der Waals surface area contributed by atoms with Gasteiger partial charge < -0.3 is 10.6 Å². The van der Waals surface area contributed by atoms with Gasteiger partial charge in [-0.1, -0.05) is 41.9 Å². The van der Waals surface area contributed by atoms with E-state index in [-0.39, 0.29) is 11.8 Å². The maximum Gasteiger partial charge on any atom is 0.223 e. The van der Waals surface area contributed by atoms with Gasteiger partial charge in [-0.05, 0) is 62.8 Å². The van der Waals surface area contributed by atoms with Crippen molar-refractivity contribution in [3.05, 3.63) is 34.3 Å². The molecule has 0 aromatic heterocycles. The lowest BCUT2D eigenvalue weighted by atomic mass is 9.89. The van der Waals surface area contributed by atoms with Crippen molar-refractivity contribution in [1.82, 2.24) is 10.6 Å². The maximum atomic E-state index is 12.8. The number of halogens is 1. The van der Waals surface area contributed by atoms with Crippen LogP contribution >= 0.6 is 15.9 Å². The normalized spacial score (nSPS) is 22.8. The summed E-state index contributed by atoms with van der Waals surface area (Å²) in [7, 11) is 0. The molecule has 0 radical (unpaired) electrons. The molecule has 4 heteroatoms. The van der Waals surface area contributed by atoms with Crippen molar-refractivity contribution >= 4 is 21.8 Å². The van der Waals surface area contributed by atoms with E-state index in [4.69, 9.17) is 0 Å². The molecule has 2 rings (SSSR count). The van der Waals surface area contributed by atoms with Gasteiger partial charge in [0.2, 0.25) is 5.91 Å². The van der Waals surface area contributed by atoms with Crippen LogP contribution in [-0.2, 0) is 11.2 Å². The molecule has 1 aromatic rings. The second kappa shape index (κ2) is 8.84. The number of piperidine rings is 1. The van der Waals surface area contributed by atoms with Gasteiger partial charge in [0.05, 0.1) is 0 Å². The Morgan fingerprint density at radius 1 is 1.43 bits per heavy atom. The Bertz CT molecular complexity index is 518. The predicted molar refractivity (Wildman–Crippen MR) is 99.4 cm³/mol. The minimum atomic E-state index is 0.0505. The lowest BCUT2D eigenvalue weighted by molar-refractivity contribution is -0.126. The highest BCUT2D eigenvalue weighted by Crippen LogP contribution is 2.21. The Kier molecular flexibility index (Phi) is 7.09. The zero-order valence-corrected chi connectivity index (χ0v) is 16.0. The molecular weight excluding hydrogens is 352 g/mol. The molecule has 0 spiro atoms. The van der Waals surface area contributed by atoms with Crippen molar-refractivity contribution in [2.75, 3.05) is 6.54 Å². The van der Waals surface area contributed by atoms with Crippen molar-refractivity contribution in [1.29, 1.82) is 0 Å². The molecule has 0 saturated carbocycles. The van der Waals surface area contributed by atoms with Crippen LogP contribution in [0.5, 0.6) is 0 Å². The van der Waals surface area contributed by atoms with Crippen molar-refractivity contribution in [2.45, 2.75) is 58.5 Å². The van der Waals surface area contributed by atoms with E-state index < -0.39 is 0 Å². The minimum Gasteiger partial charge on any atom is -0.353 e. The van der Waals surface area contributed by atoms with E-state index in [1.54, 1.807) is 0 Å². The standard InChI is InChI=1S/C19H29BrN2O/c1-13(2)9-16(11-15-5-4-6-17(20)12-15)19(23)22-18-7-8-21-14(3)10-18/h4-6,12-14,16,18,21H,7-11H2,1-3H3,(H,22,23). The van der Waals surface area contributed by atoms with Crippen molar-refractivity contribution in [3.63, 3.8) is 0 Å². The molecule has 3 atom stereocenters. The van der Waals surface area contributed by atoms with Crippen LogP contribution in [0.3, 0.4) is 0 Å². The molecule has 2 N–H and O–H groups in total. The van der Waals surface area contributed by atoms with Crippen LogP contribution in [0.1, 0.15) is 45.6 Å². The molecule has 1 amide bonds. The van der Waals surface area contributed by atoms with E-state index in [0.717, 1.165) is 36.7 Å². The fraction of sp³-hybridized carbons (Fsp3) is 0.632. The van der Waals surface area contributed by atoms with Crippen LogP contribution in [0.15, 0.2) is 28.7 Å². The number of benzene rings is 1.